The van der Waals surface area contributed by atoms with Gasteiger partial charge >= 0.3 is 5.97 Å². The third-order valence-electron chi connectivity index (χ3n) is 9.22. The Bertz CT molecular complexity index is 2000. The first-order chi connectivity index (χ1) is 23.8. The second-order valence-corrected chi connectivity index (χ2v) is 14.2. The number of esters is 1. The first-order valence-corrected chi connectivity index (χ1v) is 17.1. The van der Waals surface area contributed by atoms with E-state index in [9.17, 15) is 4.79 Å². The predicted molar refractivity (Wildman–Crippen MR) is 192 cm³/mol. The minimum atomic E-state index is -1.06. The number of halogens is 1. The molecule has 2 aromatic carbocycles. The van der Waals surface area contributed by atoms with E-state index in [4.69, 9.17) is 35.5 Å². The number of aryl methyl sites for hydroxylation is 2. The first kappa shape index (κ1) is 35.1. The molecule has 4 aromatic rings. The van der Waals surface area contributed by atoms with Crippen LogP contribution in [-0.4, -0.2) is 58.1 Å². The Kier molecular flexibility index (Phi) is 9.51. The topological polar surface area (TPSA) is 87.4 Å². The molecule has 0 radical (unpaired) electrons. The van der Waals surface area contributed by atoms with Gasteiger partial charge in [-0.15, -0.1) is 13.0 Å². The summed E-state index contributed by atoms with van der Waals surface area (Å²) in [6.45, 7) is 19.0. The van der Waals surface area contributed by atoms with Crippen molar-refractivity contribution in [2.75, 3.05) is 31.2 Å². The highest BCUT2D eigenvalue weighted by Crippen LogP contribution is 2.48. The van der Waals surface area contributed by atoms with Crippen LogP contribution >= 0.6 is 0 Å². The number of fused-ring (bicyclic) bond motifs is 4. The standard InChI is InChI=1S/C40H45FN4O5/c1-10-20-48-40(9)16-18-44(19-17-40)37-33(36(38(46)47-12-3)50-39(6,7)8)25(5)42-32-23-29(43-45(32)37)26-14-13-15-27-34(26)30(11-2)49-31-22-24(4)21-28(41)35(27)31/h2,10,13-15,21-23,30,36H,1,12,16-20H2,3-9H3/t30-,36+/m1/s1. The number of piperidine rings is 1. The third-order valence-corrected chi connectivity index (χ3v) is 9.22. The van der Waals surface area contributed by atoms with Gasteiger partial charge < -0.3 is 23.8 Å². The molecule has 0 spiro atoms. The van der Waals surface area contributed by atoms with Gasteiger partial charge in [-0.2, -0.15) is 9.61 Å². The van der Waals surface area contributed by atoms with Crippen LogP contribution in [0.3, 0.4) is 0 Å². The predicted octanol–water partition coefficient (Wildman–Crippen LogP) is 7.87. The monoisotopic (exact) mass is 680 g/mol. The summed E-state index contributed by atoms with van der Waals surface area (Å²) in [6, 6.07) is 10.8. The van der Waals surface area contributed by atoms with Gasteiger partial charge in [0, 0.05) is 36.0 Å². The van der Waals surface area contributed by atoms with Crippen LogP contribution in [-0.2, 0) is 19.0 Å². The molecule has 1 saturated heterocycles. The summed E-state index contributed by atoms with van der Waals surface area (Å²) >= 11 is 0. The van der Waals surface area contributed by atoms with Crippen molar-refractivity contribution in [1.82, 2.24) is 14.6 Å². The number of hydrogen-bond donors (Lipinski definition) is 0. The molecule has 9 nitrogen and oxygen atoms in total. The van der Waals surface area contributed by atoms with Gasteiger partial charge in [0.25, 0.3) is 0 Å². The highest BCUT2D eigenvalue weighted by atomic mass is 19.1. The highest BCUT2D eigenvalue weighted by Gasteiger charge is 2.39. The molecule has 2 aliphatic heterocycles. The normalized spacial score (nSPS) is 17.3. The number of rotatable bonds is 9. The Morgan fingerprint density at radius 1 is 1.22 bits per heavy atom. The number of hydrogen-bond acceptors (Lipinski definition) is 8. The largest absolute Gasteiger partial charge is 0.472 e. The minimum absolute atomic E-state index is 0.197. The molecule has 10 heteroatoms. The molecule has 0 saturated carbocycles. The number of carbonyl (C=O) groups is 1. The lowest BCUT2D eigenvalue weighted by molar-refractivity contribution is -0.166. The Labute approximate surface area is 293 Å². The maximum atomic E-state index is 15.5. The smallest absolute Gasteiger partial charge is 0.340 e. The SMILES string of the molecule is C#C[C@H]1Oc2cc(C)cc(F)c2-c2cccc(-c3cc4nc(C)c([C@H](OC(C)(C)C)C(=O)OCC)c(N5CCC(C)(OCC=C)CC5)n4n3)c21. The number of ether oxygens (including phenoxy) is 4. The molecule has 2 aliphatic rings. The summed E-state index contributed by atoms with van der Waals surface area (Å²) in [5.74, 6) is 2.97. The molecule has 2 atom stereocenters. The van der Waals surface area contributed by atoms with Crippen LogP contribution in [0.15, 0.2) is 49.1 Å². The molecule has 0 unspecified atom stereocenters. The van der Waals surface area contributed by atoms with Crippen molar-refractivity contribution < 1.29 is 28.1 Å². The Morgan fingerprint density at radius 3 is 2.60 bits per heavy atom. The molecule has 262 valence electrons. The van der Waals surface area contributed by atoms with Gasteiger partial charge in [-0.1, -0.05) is 30.2 Å². The van der Waals surface area contributed by atoms with Crippen LogP contribution < -0.4 is 9.64 Å². The summed E-state index contributed by atoms with van der Waals surface area (Å²) in [7, 11) is 0. The molecule has 4 heterocycles. The molecule has 1 fully saturated rings. The lowest BCUT2D eigenvalue weighted by Gasteiger charge is -2.41. The van der Waals surface area contributed by atoms with Gasteiger partial charge in [0.15, 0.2) is 17.9 Å². The number of carbonyl (C=O) groups excluding carboxylic acids is 1. The second-order valence-electron chi connectivity index (χ2n) is 14.2. The van der Waals surface area contributed by atoms with E-state index in [1.54, 1.807) is 23.6 Å². The molecular weight excluding hydrogens is 635 g/mol. The van der Waals surface area contributed by atoms with E-state index < -0.39 is 23.8 Å². The average molecular weight is 681 g/mol. The quantitative estimate of drug-likeness (QED) is 0.100. The van der Waals surface area contributed by atoms with Crippen molar-refractivity contribution in [3.8, 4) is 40.5 Å². The molecule has 0 amide bonds. The maximum absolute atomic E-state index is 15.5. The minimum Gasteiger partial charge on any atom is -0.472 e. The zero-order valence-corrected chi connectivity index (χ0v) is 29.9. The number of terminal acetylenes is 1. The molecule has 0 bridgehead atoms. The third kappa shape index (κ3) is 6.60. The summed E-state index contributed by atoms with van der Waals surface area (Å²) < 4.78 is 41.7. The number of aromatic nitrogens is 3. The Morgan fingerprint density at radius 2 is 1.94 bits per heavy atom. The molecular formula is C40H45FN4O5. The summed E-state index contributed by atoms with van der Waals surface area (Å²) in [5, 5.41) is 5.14. The number of anilines is 1. The van der Waals surface area contributed by atoms with E-state index in [0.717, 1.165) is 18.4 Å². The van der Waals surface area contributed by atoms with E-state index in [1.165, 1.54) is 6.07 Å². The van der Waals surface area contributed by atoms with E-state index >= 15 is 4.39 Å². The van der Waals surface area contributed by atoms with Crippen LogP contribution in [0.5, 0.6) is 5.75 Å². The van der Waals surface area contributed by atoms with E-state index in [1.807, 2.05) is 58.9 Å². The molecule has 50 heavy (non-hydrogen) atoms. The molecule has 2 aromatic heterocycles. The van der Waals surface area contributed by atoms with Crippen LogP contribution in [0.25, 0.3) is 28.0 Å². The van der Waals surface area contributed by atoms with Crippen molar-refractivity contribution >= 4 is 17.4 Å². The fourth-order valence-electron chi connectivity index (χ4n) is 6.91. The average Bonchev–Trinajstić information content (AvgIpc) is 3.48. The van der Waals surface area contributed by atoms with Crippen LogP contribution in [0.2, 0.25) is 0 Å². The second kappa shape index (κ2) is 13.5. The van der Waals surface area contributed by atoms with E-state index in [0.29, 0.717) is 76.1 Å². The van der Waals surface area contributed by atoms with Gasteiger partial charge in [-0.05, 0) is 84.6 Å². The van der Waals surface area contributed by atoms with Gasteiger partial charge in [0.05, 0.1) is 41.2 Å². The van der Waals surface area contributed by atoms with Crippen molar-refractivity contribution in [3.05, 3.63) is 77.3 Å². The fraction of sp³-hybridized carbons (Fsp3) is 0.425. The lowest BCUT2D eigenvalue weighted by Crippen LogP contribution is -2.45. The lowest BCUT2D eigenvalue weighted by atomic mass is 9.87. The fourth-order valence-corrected chi connectivity index (χ4v) is 6.91. The van der Waals surface area contributed by atoms with Crippen molar-refractivity contribution in [2.45, 2.75) is 84.7 Å². The zero-order chi connectivity index (χ0) is 36.0. The van der Waals surface area contributed by atoms with E-state index in [-0.39, 0.29) is 18.0 Å². The molecule has 0 aliphatic carbocycles. The van der Waals surface area contributed by atoms with Crippen molar-refractivity contribution in [1.29, 1.82) is 0 Å². The van der Waals surface area contributed by atoms with Gasteiger partial charge in [-0.25, -0.2) is 14.2 Å². The van der Waals surface area contributed by atoms with Gasteiger partial charge in [-0.3, -0.25) is 0 Å². The van der Waals surface area contributed by atoms with Crippen LogP contribution in [0, 0.1) is 32.0 Å². The summed E-state index contributed by atoms with van der Waals surface area (Å²) in [4.78, 5) is 20.8. The Balaban J connectivity index is 1.56. The van der Waals surface area contributed by atoms with Crippen molar-refractivity contribution in [2.24, 2.45) is 0 Å². The van der Waals surface area contributed by atoms with Crippen LogP contribution in [0.4, 0.5) is 10.2 Å². The van der Waals surface area contributed by atoms with Crippen molar-refractivity contribution in [3.63, 3.8) is 0 Å². The Hall–Kier alpha value is -4.72. The number of benzene rings is 2. The first-order valence-electron chi connectivity index (χ1n) is 17.1. The van der Waals surface area contributed by atoms with Gasteiger partial charge in [0.1, 0.15) is 17.4 Å². The molecule has 0 N–H and O–H groups in total. The summed E-state index contributed by atoms with van der Waals surface area (Å²) in [5.41, 5.74) is 4.45. The maximum Gasteiger partial charge on any atom is 0.340 e. The molecule has 6 rings (SSSR count). The highest BCUT2D eigenvalue weighted by molar-refractivity contribution is 5.85. The van der Waals surface area contributed by atoms with E-state index in [2.05, 4.69) is 24.3 Å². The number of nitrogens with zero attached hydrogens (tertiary/aromatic N) is 4. The zero-order valence-electron chi connectivity index (χ0n) is 29.9. The van der Waals surface area contributed by atoms with Gasteiger partial charge in [0.2, 0.25) is 0 Å². The summed E-state index contributed by atoms with van der Waals surface area (Å²) in [6.07, 6.45) is 7.43. The van der Waals surface area contributed by atoms with Crippen LogP contribution in [0.1, 0.15) is 82.1 Å².